The van der Waals surface area contributed by atoms with Gasteiger partial charge in [0.2, 0.25) is 0 Å². The largest absolute Gasteiger partial charge is 0.490 e. The molecular formula is C34H38ClN3O6. The molecule has 3 aromatic rings. The minimum atomic E-state index is -0.779. The highest BCUT2D eigenvalue weighted by Crippen LogP contribution is 2.36. The molecule has 0 saturated carbocycles. The Hall–Kier alpha value is -4.37. The number of hydrogen-bond donors (Lipinski definition) is 0. The summed E-state index contributed by atoms with van der Waals surface area (Å²) in [6, 6.07) is 22.5. The number of esters is 1. The molecule has 44 heavy (non-hydrogen) atoms. The van der Waals surface area contributed by atoms with E-state index in [1.54, 1.807) is 80.1 Å². The summed E-state index contributed by atoms with van der Waals surface area (Å²) in [5.41, 5.74) is 1.62. The van der Waals surface area contributed by atoms with Gasteiger partial charge in [0.25, 0.3) is 5.91 Å². The van der Waals surface area contributed by atoms with Gasteiger partial charge in [-0.2, -0.15) is 0 Å². The van der Waals surface area contributed by atoms with Crippen LogP contribution in [-0.4, -0.2) is 72.9 Å². The van der Waals surface area contributed by atoms with E-state index in [1.165, 1.54) is 0 Å². The van der Waals surface area contributed by atoms with Crippen molar-refractivity contribution < 1.29 is 28.6 Å². The van der Waals surface area contributed by atoms with Crippen molar-refractivity contribution in [2.24, 2.45) is 10.9 Å². The number of nitrogens with zero attached hydrogens (tertiary/aromatic N) is 3. The van der Waals surface area contributed by atoms with Crippen LogP contribution >= 0.6 is 11.6 Å². The molecule has 0 N–H and O–H groups in total. The SMILES string of the molecule is CC1=NC(=O)N(CCCN(C)C(=O)c2ccc(OCCOc3ccccc3)cc2)C(c2cccc(Cl)c2)C1C(=O)OC(C)C. The van der Waals surface area contributed by atoms with Crippen molar-refractivity contribution in [2.75, 3.05) is 33.4 Å². The lowest BCUT2D eigenvalue weighted by Crippen LogP contribution is -2.48. The maximum absolute atomic E-state index is 13.2. The predicted molar refractivity (Wildman–Crippen MR) is 170 cm³/mol. The molecular weight excluding hydrogens is 582 g/mol. The number of carbonyl (C=O) groups is 3. The van der Waals surface area contributed by atoms with E-state index in [-0.39, 0.29) is 18.6 Å². The summed E-state index contributed by atoms with van der Waals surface area (Å²) in [6.45, 7) is 6.64. The lowest BCUT2D eigenvalue weighted by Gasteiger charge is -2.39. The van der Waals surface area contributed by atoms with Crippen molar-refractivity contribution >= 4 is 35.2 Å². The first-order chi connectivity index (χ1) is 21.1. The van der Waals surface area contributed by atoms with E-state index in [1.807, 2.05) is 36.4 Å². The minimum Gasteiger partial charge on any atom is -0.490 e. The summed E-state index contributed by atoms with van der Waals surface area (Å²) < 4.78 is 16.9. The molecule has 3 aromatic carbocycles. The summed E-state index contributed by atoms with van der Waals surface area (Å²) in [5, 5.41) is 0.494. The summed E-state index contributed by atoms with van der Waals surface area (Å²) in [4.78, 5) is 46.8. The third kappa shape index (κ3) is 8.60. The lowest BCUT2D eigenvalue weighted by molar-refractivity contribution is -0.151. The molecule has 0 aliphatic carbocycles. The molecule has 0 fully saturated rings. The molecule has 4 rings (SSSR count). The summed E-state index contributed by atoms with van der Waals surface area (Å²) in [7, 11) is 1.71. The number of aliphatic imine (C=N–C) groups is 1. The highest BCUT2D eigenvalue weighted by Gasteiger charge is 2.43. The highest BCUT2D eigenvalue weighted by atomic mass is 35.5. The van der Waals surface area contributed by atoms with Gasteiger partial charge in [-0.05, 0) is 81.3 Å². The fourth-order valence-corrected chi connectivity index (χ4v) is 5.24. The molecule has 1 aliphatic rings. The van der Waals surface area contributed by atoms with Crippen molar-refractivity contribution in [3.63, 3.8) is 0 Å². The number of amides is 3. The van der Waals surface area contributed by atoms with Gasteiger partial charge in [0.05, 0.1) is 12.1 Å². The molecule has 2 unspecified atom stereocenters. The van der Waals surface area contributed by atoms with Gasteiger partial charge in [0.15, 0.2) is 0 Å². The number of carbonyl (C=O) groups excluding carboxylic acids is 3. The Morgan fingerprint density at radius 2 is 1.61 bits per heavy atom. The molecule has 10 heteroatoms. The molecule has 2 atom stereocenters. The first-order valence-electron chi connectivity index (χ1n) is 14.6. The van der Waals surface area contributed by atoms with Gasteiger partial charge >= 0.3 is 12.0 Å². The summed E-state index contributed by atoms with van der Waals surface area (Å²) in [6.07, 6.45) is 0.143. The van der Waals surface area contributed by atoms with Gasteiger partial charge in [-0.3, -0.25) is 9.59 Å². The standard InChI is InChI=1S/C34H38ClN3O6/c1-23(2)44-33(40)30-24(3)36-34(41)38(31(30)26-10-8-11-27(35)22-26)19-9-18-37(4)32(39)25-14-16-29(17-15-25)43-21-20-42-28-12-6-5-7-13-28/h5-8,10-17,22-23,30-31H,9,18-21H2,1-4H3. The van der Waals surface area contributed by atoms with E-state index in [9.17, 15) is 14.4 Å². The maximum atomic E-state index is 13.2. The number of ether oxygens (including phenoxy) is 3. The van der Waals surface area contributed by atoms with Gasteiger partial charge in [-0.1, -0.05) is 41.9 Å². The average Bonchev–Trinajstić information content (AvgIpc) is 3.00. The average molecular weight is 620 g/mol. The van der Waals surface area contributed by atoms with Crippen molar-refractivity contribution in [1.29, 1.82) is 0 Å². The van der Waals surface area contributed by atoms with Crippen molar-refractivity contribution in [1.82, 2.24) is 9.80 Å². The number of benzene rings is 3. The fraction of sp³-hybridized carbons (Fsp3) is 0.353. The molecule has 9 nitrogen and oxygen atoms in total. The van der Waals surface area contributed by atoms with Gasteiger partial charge in [0.1, 0.15) is 30.6 Å². The van der Waals surface area contributed by atoms with Crippen molar-refractivity contribution in [2.45, 2.75) is 39.3 Å². The van der Waals surface area contributed by atoms with Crippen molar-refractivity contribution in [3.05, 3.63) is 95.0 Å². The van der Waals surface area contributed by atoms with Crippen LogP contribution < -0.4 is 9.47 Å². The van der Waals surface area contributed by atoms with Crippen LogP contribution in [0.15, 0.2) is 83.9 Å². The van der Waals surface area contributed by atoms with Gasteiger partial charge in [0, 0.05) is 36.4 Å². The van der Waals surface area contributed by atoms with E-state index >= 15 is 0 Å². The molecule has 0 radical (unpaired) electrons. The molecule has 0 aromatic heterocycles. The zero-order valence-corrected chi connectivity index (χ0v) is 26.2. The number of para-hydroxylation sites is 1. The fourth-order valence-electron chi connectivity index (χ4n) is 5.04. The van der Waals surface area contributed by atoms with E-state index in [0.29, 0.717) is 53.8 Å². The number of hydrogen-bond acceptors (Lipinski definition) is 6. The van der Waals surface area contributed by atoms with E-state index in [4.69, 9.17) is 25.8 Å². The smallest absolute Gasteiger partial charge is 0.344 e. The Morgan fingerprint density at radius 3 is 2.25 bits per heavy atom. The number of urea groups is 1. The maximum Gasteiger partial charge on any atom is 0.344 e. The second-order valence-corrected chi connectivity index (χ2v) is 11.2. The van der Waals surface area contributed by atoms with Crippen molar-refractivity contribution in [3.8, 4) is 11.5 Å². The van der Waals surface area contributed by atoms with E-state index in [2.05, 4.69) is 4.99 Å². The van der Waals surface area contributed by atoms with Crippen LogP contribution in [-0.2, 0) is 9.53 Å². The van der Waals surface area contributed by atoms with Crippen LogP contribution in [0.1, 0.15) is 49.2 Å². The second kappa shape index (κ2) is 15.4. The van der Waals surface area contributed by atoms with E-state index in [0.717, 1.165) is 5.75 Å². The quantitative estimate of drug-likeness (QED) is 0.161. The summed E-state index contributed by atoms with van der Waals surface area (Å²) >= 11 is 6.29. The third-order valence-corrected chi connectivity index (χ3v) is 7.35. The Kier molecular flexibility index (Phi) is 11.4. The molecule has 0 saturated heterocycles. The molecule has 232 valence electrons. The molecule has 3 amide bonds. The minimum absolute atomic E-state index is 0.160. The predicted octanol–water partition coefficient (Wildman–Crippen LogP) is 6.47. The Balaban J connectivity index is 1.35. The highest BCUT2D eigenvalue weighted by molar-refractivity contribution is 6.30. The van der Waals surface area contributed by atoms with Crippen LogP contribution in [0.5, 0.6) is 11.5 Å². The van der Waals surface area contributed by atoms with Gasteiger partial charge < -0.3 is 24.0 Å². The molecule has 0 spiro atoms. The zero-order valence-electron chi connectivity index (χ0n) is 25.4. The normalized spacial score (nSPS) is 16.4. The van der Waals surface area contributed by atoms with Crippen LogP contribution in [0.2, 0.25) is 5.02 Å². The topological polar surface area (TPSA) is 97.7 Å². The Bertz CT molecular complexity index is 1460. The second-order valence-electron chi connectivity index (χ2n) is 10.8. The molecule has 0 bridgehead atoms. The number of rotatable bonds is 13. The molecule has 1 aliphatic heterocycles. The zero-order chi connectivity index (χ0) is 31.6. The number of halogens is 1. The monoisotopic (exact) mass is 619 g/mol. The van der Waals surface area contributed by atoms with Crippen LogP contribution in [0.3, 0.4) is 0 Å². The Labute approximate surface area is 263 Å². The lowest BCUT2D eigenvalue weighted by atomic mass is 9.86. The Morgan fingerprint density at radius 1 is 0.955 bits per heavy atom. The molecule has 1 heterocycles. The van der Waals surface area contributed by atoms with Gasteiger partial charge in [-0.15, -0.1) is 0 Å². The van der Waals surface area contributed by atoms with Crippen LogP contribution in [0.4, 0.5) is 4.79 Å². The van der Waals surface area contributed by atoms with Gasteiger partial charge in [-0.25, -0.2) is 9.79 Å². The summed E-state index contributed by atoms with van der Waals surface area (Å²) in [5.74, 6) is 0.0252. The van der Waals surface area contributed by atoms with E-state index < -0.39 is 24.0 Å². The first-order valence-corrected chi connectivity index (χ1v) is 15.0. The van der Waals surface area contributed by atoms with Crippen LogP contribution in [0, 0.1) is 5.92 Å². The first kappa shape index (κ1) is 32.5. The van der Waals surface area contributed by atoms with Crippen LogP contribution in [0.25, 0.3) is 0 Å². The third-order valence-electron chi connectivity index (χ3n) is 7.12.